The van der Waals surface area contributed by atoms with Crippen LogP contribution in [-0.4, -0.2) is 24.5 Å². The van der Waals surface area contributed by atoms with Gasteiger partial charge in [0.25, 0.3) is 0 Å². The van der Waals surface area contributed by atoms with Crippen LogP contribution in [-0.2, 0) is 0 Å². The molecule has 9 aromatic rings. The van der Waals surface area contributed by atoms with Crippen molar-refractivity contribution < 1.29 is 4.42 Å². The zero-order valence-corrected chi connectivity index (χ0v) is 23.4. The summed E-state index contributed by atoms with van der Waals surface area (Å²) in [6, 6.07) is 47.0. The summed E-state index contributed by atoms with van der Waals surface area (Å²) in [6.07, 6.45) is 0. The van der Waals surface area contributed by atoms with Crippen molar-refractivity contribution in [3.8, 4) is 40.0 Å². The molecule has 6 nitrogen and oxygen atoms in total. The highest BCUT2D eigenvalue weighted by atomic mass is 16.3. The number of aromatic nitrogens is 5. The summed E-state index contributed by atoms with van der Waals surface area (Å²) in [5, 5.41) is 3.19. The Morgan fingerprint density at radius 3 is 1.61 bits per heavy atom. The second-order valence-electron chi connectivity index (χ2n) is 10.7. The van der Waals surface area contributed by atoms with E-state index in [0.29, 0.717) is 23.0 Å². The van der Waals surface area contributed by atoms with Gasteiger partial charge in [0.15, 0.2) is 17.1 Å². The second kappa shape index (κ2) is 9.71. The van der Waals surface area contributed by atoms with Gasteiger partial charge in [0.2, 0.25) is 5.95 Å². The van der Waals surface area contributed by atoms with Crippen molar-refractivity contribution in [1.82, 2.24) is 24.5 Å². The summed E-state index contributed by atoms with van der Waals surface area (Å²) in [7, 11) is 0. The zero-order valence-electron chi connectivity index (χ0n) is 23.4. The predicted molar refractivity (Wildman–Crippen MR) is 176 cm³/mol. The summed E-state index contributed by atoms with van der Waals surface area (Å²) in [5.41, 5.74) is 8.19. The Hall–Kier alpha value is -6.14. The maximum Gasteiger partial charge on any atom is 0.236 e. The Morgan fingerprint density at radius 1 is 0.477 bits per heavy atom. The highest BCUT2D eigenvalue weighted by Gasteiger charge is 2.23. The first-order valence-corrected chi connectivity index (χ1v) is 14.5. The largest absolute Gasteiger partial charge is 0.452 e. The first kappa shape index (κ1) is 24.5. The smallest absolute Gasteiger partial charge is 0.236 e. The van der Waals surface area contributed by atoms with Gasteiger partial charge >= 0.3 is 0 Å². The van der Waals surface area contributed by atoms with Crippen LogP contribution in [0.4, 0.5) is 0 Å². The van der Waals surface area contributed by atoms with Gasteiger partial charge < -0.3 is 4.42 Å². The van der Waals surface area contributed by atoms with Gasteiger partial charge in [0.1, 0.15) is 11.1 Å². The number of benzene rings is 5. The lowest BCUT2D eigenvalue weighted by Gasteiger charge is -2.11. The van der Waals surface area contributed by atoms with E-state index in [4.69, 9.17) is 24.4 Å². The van der Waals surface area contributed by atoms with E-state index in [1.807, 2.05) is 78.9 Å². The third kappa shape index (κ3) is 3.82. The van der Waals surface area contributed by atoms with Crippen LogP contribution in [0.25, 0.3) is 83.9 Å². The molecule has 0 bridgehead atoms. The van der Waals surface area contributed by atoms with E-state index in [-0.39, 0.29) is 0 Å². The Labute approximate surface area is 251 Å². The average molecular weight is 566 g/mol. The average Bonchev–Trinajstić information content (AvgIpc) is 3.64. The van der Waals surface area contributed by atoms with E-state index in [9.17, 15) is 0 Å². The van der Waals surface area contributed by atoms with Gasteiger partial charge in [-0.1, -0.05) is 109 Å². The number of rotatable bonds is 4. The topological polar surface area (TPSA) is 69.6 Å². The van der Waals surface area contributed by atoms with E-state index in [2.05, 4.69) is 65.2 Å². The fourth-order valence-corrected chi connectivity index (χ4v) is 6.04. The normalized spacial score (nSPS) is 11.6. The molecule has 4 heterocycles. The molecule has 206 valence electrons. The minimum absolute atomic E-state index is 0.471. The number of furan rings is 1. The number of nitrogens with zero attached hydrogens (tertiary/aromatic N) is 5. The number of hydrogen-bond donors (Lipinski definition) is 0. The second-order valence-corrected chi connectivity index (χ2v) is 10.7. The lowest BCUT2D eigenvalue weighted by Crippen LogP contribution is -2.05. The molecule has 0 saturated heterocycles. The van der Waals surface area contributed by atoms with E-state index in [0.717, 1.165) is 60.8 Å². The Morgan fingerprint density at radius 2 is 1.00 bits per heavy atom. The zero-order chi connectivity index (χ0) is 29.0. The number of para-hydroxylation sites is 3. The minimum Gasteiger partial charge on any atom is -0.452 e. The molecule has 0 amide bonds. The van der Waals surface area contributed by atoms with E-state index in [1.165, 1.54) is 0 Å². The van der Waals surface area contributed by atoms with Crippen LogP contribution in [0.3, 0.4) is 0 Å². The molecule has 0 aliphatic rings. The SMILES string of the molecule is c1ccc(-c2cc(-c3ccccc3)nc(-c3nc(-n4c5ccccc5c5ccccc54)nc4c3oc3ccccc34)n2)cc1. The lowest BCUT2D eigenvalue weighted by atomic mass is 10.1. The maximum absolute atomic E-state index is 6.46. The van der Waals surface area contributed by atoms with Crippen molar-refractivity contribution in [2.24, 2.45) is 0 Å². The van der Waals surface area contributed by atoms with Crippen LogP contribution in [0.5, 0.6) is 0 Å². The summed E-state index contributed by atoms with van der Waals surface area (Å²) in [4.78, 5) is 20.6. The molecule has 0 aliphatic carbocycles. The molecule has 0 fully saturated rings. The first-order chi connectivity index (χ1) is 21.8. The Bertz CT molecular complexity index is 2390. The summed E-state index contributed by atoms with van der Waals surface area (Å²) in [5.74, 6) is 1.00. The molecule has 44 heavy (non-hydrogen) atoms. The molecule has 0 aliphatic heterocycles. The van der Waals surface area contributed by atoms with Crippen LogP contribution >= 0.6 is 0 Å². The van der Waals surface area contributed by atoms with Gasteiger partial charge in [0, 0.05) is 27.3 Å². The van der Waals surface area contributed by atoms with Crippen molar-refractivity contribution in [3.05, 3.63) is 140 Å². The molecule has 0 saturated carbocycles. The molecule has 0 radical (unpaired) electrons. The molecule has 9 rings (SSSR count). The molecule has 0 atom stereocenters. The predicted octanol–water partition coefficient (Wildman–Crippen LogP) is 9.26. The van der Waals surface area contributed by atoms with Crippen LogP contribution < -0.4 is 0 Å². The third-order valence-corrected chi connectivity index (χ3v) is 8.07. The van der Waals surface area contributed by atoms with E-state index in [1.54, 1.807) is 0 Å². The van der Waals surface area contributed by atoms with Gasteiger partial charge in [-0.2, -0.15) is 0 Å². The molecule has 0 unspecified atom stereocenters. The Balaban J connectivity index is 1.40. The standard InChI is InChI=1S/C38H23N5O/c1-3-13-24(14-4-1)29-23-30(25-15-5-2-6-16-25)40-37(39-29)35-36-34(28-19-9-12-22-33(28)44-36)41-38(42-35)43-31-20-10-7-17-26(31)27-18-8-11-21-32(27)43/h1-23H. The molecular formula is C38H23N5O. The lowest BCUT2D eigenvalue weighted by molar-refractivity contribution is 0.666. The van der Waals surface area contributed by atoms with Gasteiger partial charge in [-0.3, -0.25) is 4.57 Å². The van der Waals surface area contributed by atoms with Gasteiger partial charge in [-0.25, -0.2) is 19.9 Å². The summed E-state index contributed by atoms with van der Waals surface area (Å²) in [6.45, 7) is 0. The monoisotopic (exact) mass is 565 g/mol. The molecule has 0 spiro atoms. The van der Waals surface area contributed by atoms with E-state index >= 15 is 0 Å². The van der Waals surface area contributed by atoms with Crippen molar-refractivity contribution in [2.75, 3.05) is 0 Å². The van der Waals surface area contributed by atoms with Crippen LogP contribution in [0.1, 0.15) is 0 Å². The van der Waals surface area contributed by atoms with Crippen molar-refractivity contribution in [2.45, 2.75) is 0 Å². The van der Waals surface area contributed by atoms with Gasteiger partial charge in [-0.15, -0.1) is 0 Å². The van der Waals surface area contributed by atoms with Crippen molar-refractivity contribution in [1.29, 1.82) is 0 Å². The summed E-state index contributed by atoms with van der Waals surface area (Å²) < 4.78 is 8.58. The van der Waals surface area contributed by atoms with Crippen LogP contribution in [0.2, 0.25) is 0 Å². The molecule has 5 aromatic carbocycles. The van der Waals surface area contributed by atoms with Crippen LogP contribution in [0, 0.1) is 0 Å². The third-order valence-electron chi connectivity index (χ3n) is 8.07. The summed E-state index contributed by atoms with van der Waals surface area (Å²) >= 11 is 0. The molecule has 4 aromatic heterocycles. The first-order valence-electron chi connectivity index (χ1n) is 14.5. The van der Waals surface area contributed by atoms with E-state index < -0.39 is 0 Å². The van der Waals surface area contributed by atoms with Crippen molar-refractivity contribution >= 4 is 43.9 Å². The highest BCUT2D eigenvalue weighted by molar-refractivity contribution is 6.10. The molecular weight excluding hydrogens is 542 g/mol. The van der Waals surface area contributed by atoms with Crippen molar-refractivity contribution in [3.63, 3.8) is 0 Å². The minimum atomic E-state index is 0.471. The fourth-order valence-electron chi connectivity index (χ4n) is 6.04. The fraction of sp³-hybridized carbons (Fsp3) is 0. The van der Waals surface area contributed by atoms with Crippen LogP contribution in [0.15, 0.2) is 144 Å². The molecule has 6 heteroatoms. The van der Waals surface area contributed by atoms with Gasteiger partial charge in [-0.05, 0) is 30.3 Å². The van der Waals surface area contributed by atoms with Gasteiger partial charge in [0.05, 0.1) is 22.4 Å². The highest BCUT2D eigenvalue weighted by Crippen LogP contribution is 2.37. The Kier molecular flexibility index (Phi) is 5.40. The quantitative estimate of drug-likeness (QED) is 0.213. The maximum atomic E-state index is 6.46. The number of fused-ring (bicyclic) bond motifs is 6. The number of hydrogen-bond acceptors (Lipinski definition) is 5. The molecule has 0 N–H and O–H groups in total.